The van der Waals surface area contributed by atoms with Crippen molar-refractivity contribution in [3.63, 3.8) is 0 Å². The first kappa shape index (κ1) is 9.99. The maximum absolute atomic E-state index is 5.87. The summed E-state index contributed by atoms with van der Waals surface area (Å²) in [7, 11) is 0. The molecule has 1 fully saturated rings. The molecule has 0 bridgehead atoms. The highest BCUT2D eigenvalue weighted by molar-refractivity contribution is 6.19. The van der Waals surface area contributed by atoms with Crippen LogP contribution in [0.3, 0.4) is 0 Å². The smallest absolute Gasteiger partial charge is 0.131 e. The highest BCUT2D eigenvalue weighted by Gasteiger charge is 2.25. The van der Waals surface area contributed by atoms with Gasteiger partial charge in [0, 0.05) is 18.3 Å². The number of alkyl halides is 1. The van der Waals surface area contributed by atoms with E-state index >= 15 is 0 Å². The lowest BCUT2D eigenvalue weighted by molar-refractivity contribution is 0.0117. The van der Waals surface area contributed by atoms with Gasteiger partial charge in [-0.3, -0.25) is 4.68 Å². The van der Waals surface area contributed by atoms with Crippen molar-refractivity contribution in [3.05, 3.63) is 18.5 Å². The van der Waals surface area contributed by atoms with Crippen LogP contribution < -0.4 is 0 Å². The van der Waals surface area contributed by atoms with E-state index in [1.807, 2.05) is 23.1 Å². The van der Waals surface area contributed by atoms with Crippen LogP contribution >= 0.6 is 11.6 Å². The predicted molar refractivity (Wildman–Crippen MR) is 55.3 cm³/mol. The Morgan fingerprint density at radius 1 is 1.57 bits per heavy atom. The lowest BCUT2D eigenvalue weighted by Gasteiger charge is -2.30. The number of halogens is 1. The Kier molecular flexibility index (Phi) is 3.08. The van der Waals surface area contributed by atoms with Crippen molar-refractivity contribution < 1.29 is 4.74 Å². The van der Waals surface area contributed by atoms with Gasteiger partial charge in [0.15, 0.2) is 0 Å². The standard InChI is InChI=1S/C10H15ClN2O/c1-8(13-6-2-5-12-13)9-3-4-10(11)14-7-9/h2,5-6,8-10H,3-4,7H2,1H3. The monoisotopic (exact) mass is 214 g/mol. The Labute approximate surface area is 89.0 Å². The summed E-state index contributed by atoms with van der Waals surface area (Å²) in [6, 6.07) is 2.35. The first-order chi connectivity index (χ1) is 6.77. The fourth-order valence-electron chi connectivity index (χ4n) is 1.86. The molecule has 0 radical (unpaired) electrons. The Bertz CT molecular complexity index is 268. The molecule has 0 aromatic carbocycles. The predicted octanol–water partition coefficient (Wildman–Crippen LogP) is 2.44. The molecule has 0 spiro atoms. The second kappa shape index (κ2) is 4.32. The molecular formula is C10H15ClN2O. The van der Waals surface area contributed by atoms with E-state index in [1.54, 1.807) is 0 Å². The van der Waals surface area contributed by atoms with Gasteiger partial charge in [0.1, 0.15) is 5.56 Å². The summed E-state index contributed by atoms with van der Waals surface area (Å²) in [5.74, 6) is 0.532. The lowest BCUT2D eigenvalue weighted by atomic mass is 9.95. The minimum absolute atomic E-state index is 0.0870. The summed E-state index contributed by atoms with van der Waals surface area (Å²) >= 11 is 5.87. The molecule has 0 amide bonds. The van der Waals surface area contributed by atoms with Crippen LogP contribution in [0.1, 0.15) is 25.8 Å². The van der Waals surface area contributed by atoms with Crippen LogP contribution in [0.2, 0.25) is 0 Å². The molecule has 1 aromatic rings. The van der Waals surface area contributed by atoms with Gasteiger partial charge in [0.05, 0.1) is 12.6 Å². The number of hydrogen-bond donors (Lipinski definition) is 0. The molecule has 2 heterocycles. The Hall–Kier alpha value is -0.540. The molecule has 14 heavy (non-hydrogen) atoms. The van der Waals surface area contributed by atoms with Crippen LogP contribution in [0.4, 0.5) is 0 Å². The molecule has 3 nitrogen and oxygen atoms in total. The van der Waals surface area contributed by atoms with Crippen LogP contribution in [0.5, 0.6) is 0 Å². The van der Waals surface area contributed by atoms with Crippen molar-refractivity contribution in [2.24, 2.45) is 5.92 Å². The molecule has 3 unspecified atom stereocenters. The van der Waals surface area contributed by atoms with Crippen molar-refractivity contribution in [2.75, 3.05) is 6.61 Å². The summed E-state index contributed by atoms with van der Waals surface area (Å²) in [4.78, 5) is 0. The van der Waals surface area contributed by atoms with E-state index in [0.29, 0.717) is 12.0 Å². The quantitative estimate of drug-likeness (QED) is 0.708. The summed E-state index contributed by atoms with van der Waals surface area (Å²) in [6.07, 6.45) is 5.87. The number of aromatic nitrogens is 2. The molecule has 1 aliphatic rings. The Morgan fingerprint density at radius 2 is 2.43 bits per heavy atom. The summed E-state index contributed by atoms with van der Waals surface area (Å²) in [5, 5.41) is 4.24. The van der Waals surface area contributed by atoms with E-state index < -0.39 is 0 Å². The third-order valence-corrected chi connectivity index (χ3v) is 3.22. The van der Waals surface area contributed by atoms with Gasteiger partial charge in [-0.05, 0) is 25.8 Å². The largest absolute Gasteiger partial charge is 0.362 e. The van der Waals surface area contributed by atoms with Crippen molar-refractivity contribution in [2.45, 2.75) is 31.4 Å². The first-order valence-corrected chi connectivity index (χ1v) is 5.46. The van der Waals surface area contributed by atoms with Crippen LogP contribution in [0, 0.1) is 5.92 Å². The van der Waals surface area contributed by atoms with Gasteiger partial charge in [-0.2, -0.15) is 5.10 Å². The van der Waals surface area contributed by atoms with E-state index in [9.17, 15) is 0 Å². The van der Waals surface area contributed by atoms with Crippen LogP contribution in [0.25, 0.3) is 0 Å². The third-order valence-electron chi connectivity index (χ3n) is 2.88. The SMILES string of the molecule is CC(C1CCC(Cl)OC1)n1cccn1. The van der Waals surface area contributed by atoms with E-state index in [0.717, 1.165) is 19.4 Å². The van der Waals surface area contributed by atoms with Gasteiger partial charge in [-0.1, -0.05) is 11.6 Å². The summed E-state index contributed by atoms with van der Waals surface area (Å²) < 4.78 is 7.42. The molecule has 0 N–H and O–H groups in total. The molecule has 3 atom stereocenters. The highest BCUT2D eigenvalue weighted by Crippen LogP contribution is 2.29. The maximum atomic E-state index is 5.87. The van der Waals surface area contributed by atoms with E-state index in [4.69, 9.17) is 16.3 Å². The Balaban J connectivity index is 1.95. The zero-order valence-electron chi connectivity index (χ0n) is 8.27. The molecule has 1 aromatic heterocycles. The van der Waals surface area contributed by atoms with Crippen molar-refractivity contribution in [3.8, 4) is 0 Å². The lowest BCUT2D eigenvalue weighted by Crippen LogP contribution is -2.28. The van der Waals surface area contributed by atoms with Gasteiger partial charge < -0.3 is 4.74 Å². The highest BCUT2D eigenvalue weighted by atomic mass is 35.5. The topological polar surface area (TPSA) is 27.1 Å². The van der Waals surface area contributed by atoms with E-state index in [1.165, 1.54) is 0 Å². The van der Waals surface area contributed by atoms with Crippen LogP contribution in [-0.4, -0.2) is 22.0 Å². The average Bonchev–Trinajstić information content (AvgIpc) is 2.71. The van der Waals surface area contributed by atoms with Crippen LogP contribution in [-0.2, 0) is 4.74 Å². The Morgan fingerprint density at radius 3 is 3.00 bits per heavy atom. The van der Waals surface area contributed by atoms with E-state index in [2.05, 4.69) is 12.0 Å². The normalized spacial score (nSPS) is 30.1. The fourth-order valence-corrected chi connectivity index (χ4v) is 2.06. The molecule has 0 saturated carbocycles. The van der Waals surface area contributed by atoms with E-state index in [-0.39, 0.29) is 5.56 Å². The van der Waals surface area contributed by atoms with Crippen LogP contribution in [0.15, 0.2) is 18.5 Å². The van der Waals surface area contributed by atoms with Gasteiger partial charge in [-0.15, -0.1) is 0 Å². The number of hydrogen-bond acceptors (Lipinski definition) is 2. The van der Waals surface area contributed by atoms with Crippen molar-refractivity contribution in [1.29, 1.82) is 0 Å². The minimum Gasteiger partial charge on any atom is -0.362 e. The van der Waals surface area contributed by atoms with Gasteiger partial charge in [0.25, 0.3) is 0 Å². The molecule has 78 valence electrons. The molecule has 1 saturated heterocycles. The van der Waals surface area contributed by atoms with Gasteiger partial charge >= 0.3 is 0 Å². The fraction of sp³-hybridized carbons (Fsp3) is 0.700. The molecule has 2 rings (SSSR count). The second-order valence-corrected chi connectivity index (χ2v) is 4.29. The van der Waals surface area contributed by atoms with Gasteiger partial charge in [-0.25, -0.2) is 0 Å². The zero-order valence-corrected chi connectivity index (χ0v) is 9.02. The maximum Gasteiger partial charge on any atom is 0.131 e. The number of nitrogens with zero attached hydrogens (tertiary/aromatic N) is 2. The van der Waals surface area contributed by atoms with Crippen molar-refractivity contribution in [1.82, 2.24) is 9.78 Å². The molecule has 4 heteroatoms. The zero-order chi connectivity index (χ0) is 9.97. The number of rotatable bonds is 2. The minimum atomic E-state index is -0.0870. The molecular weight excluding hydrogens is 200 g/mol. The second-order valence-electron chi connectivity index (χ2n) is 3.81. The molecule has 1 aliphatic heterocycles. The number of ether oxygens (including phenoxy) is 1. The third kappa shape index (κ3) is 2.10. The van der Waals surface area contributed by atoms with Crippen molar-refractivity contribution >= 4 is 11.6 Å². The summed E-state index contributed by atoms with van der Waals surface area (Å²) in [5.41, 5.74) is -0.0870. The average molecular weight is 215 g/mol. The van der Waals surface area contributed by atoms with Gasteiger partial charge in [0.2, 0.25) is 0 Å². The summed E-state index contributed by atoms with van der Waals surface area (Å²) in [6.45, 7) is 2.92. The molecule has 0 aliphatic carbocycles. The first-order valence-electron chi connectivity index (χ1n) is 5.02.